The first-order valence-corrected chi connectivity index (χ1v) is 13.3. The number of hydrogen-bond acceptors (Lipinski definition) is 6. The van der Waals surface area contributed by atoms with Crippen LogP contribution in [0.3, 0.4) is 0 Å². The summed E-state index contributed by atoms with van der Waals surface area (Å²) in [4.78, 5) is 7.88. The summed E-state index contributed by atoms with van der Waals surface area (Å²) < 4.78 is 2.99. The van der Waals surface area contributed by atoms with Crippen molar-refractivity contribution < 1.29 is 5.11 Å². The van der Waals surface area contributed by atoms with Gasteiger partial charge in [-0.25, -0.2) is 4.98 Å². The highest BCUT2D eigenvalue weighted by atomic mass is 79.9. The minimum atomic E-state index is -0.118. The minimum Gasteiger partial charge on any atom is -0.393 e. The maximum Gasteiger partial charge on any atom is 0.171 e. The van der Waals surface area contributed by atoms with E-state index in [1.54, 1.807) is 0 Å². The van der Waals surface area contributed by atoms with E-state index in [0.29, 0.717) is 18.0 Å². The van der Waals surface area contributed by atoms with Crippen LogP contribution in [0.4, 0.5) is 5.82 Å². The van der Waals surface area contributed by atoms with Crippen molar-refractivity contribution in [1.82, 2.24) is 19.5 Å². The number of piperidine rings is 1. The van der Waals surface area contributed by atoms with Gasteiger partial charge in [-0.2, -0.15) is 9.61 Å². The third-order valence-electron chi connectivity index (χ3n) is 8.75. The Morgan fingerprint density at radius 3 is 2.69 bits per heavy atom. The molecule has 6 rings (SSSR count). The molecule has 1 unspecified atom stereocenters. The second-order valence-corrected chi connectivity index (χ2v) is 11.6. The maximum atomic E-state index is 9.97. The van der Waals surface area contributed by atoms with Gasteiger partial charge in [-0.15, -0.1) is 0 Å². The molecule has 3 atom stereocenters. The Bertz CT molecular complexity index is 994. The first kappa shape index (κ1) is 21.3. The first-order chi connectivity index (χ1) is 15.5. The van der Waals surface area contributed by atoms with Crippen molar-refractivity contribution in [3.63, 3.8) is 0 Å². The molecule has 2 saturated carbocycles. The quantitative estimate of drug-likeness (QED) is 0.594. The molecule has 1 aliphatic heterocycles. The number of halogens is 1. The molecule has 3 fully saturated rings. The van der Waals surface area contributed by atoms with Crippen LogP contribution < -0.4 is 11.1 Å². The first-order valence-electron chi connectivity index (χ1n) is 12.5. The van der Waals surface area contributed by atoms with E-state index in [-0.39, 0.29) is 11.5 Å². The van der Waals surface area contributed by atoms with E-state index in [1.165, 1.54) is 36.9 Å². The van der Waals surface area contributed by atoms with Crippen LogP contribution in [0.15, 0.2) is 10.7 Å². The Kier molecular flexibility index (Phi) is 5.48. The lowest BCUT2D eigenvalue weighted by Crippen LogP contribution is -2.43. The number of likely N-dealkylation sites (tertiary alicyclic amines) is 1. The summed E-state index contributed by atoms with van der Waals surface area (Å²) in [5.41, 5.74) is 10.1. The molecule has 3 aliphatic carbocycles. The number of rotatable bonds is 4. The number of anilines is 1. The zero-order valence-corrected chi connectivity index (χ0v) is 20.4. The summed E-state index contributed by atoms with van der Waals surface area (Å²) in [5.74, 6) is 1.73. The number of fused-ring (bicyclic) bond motifs is 3. The number of hydrogen-bond donors (Lipinski definition) is 3. The Morgan fingerprint density at radius 2 is 1.97 bits per heavy atom. The van der Waals surface area contributed by atoms with Crippen molar-refractivity contribution in [1.29, 1.82) is 0 Å². The highest BCUT2D eigenvalue weighted by Gasteiger charge is 2.51. The van der Waals surface area contributed by atoms with Crippen LogP contribution in [0, 0.1) is 5.92 Å². The second-order valence-electron chi connectivity index (χ2n) is 10.7. The zero-order chi connectivity index (χ0) is 21.9. The van der Waals surface area contributed by atoms with Crippen molar-refractivity contribution in [3.05, 3.63) is 21.9 Å². The highest BCUT2D eigenvalue weighted by Crippen LogP contribution is 2.55. The molecule has 2 aromatic rings. The van der Waals surface area contributed by atoms with Crippen LogP contribution in [-0.2, 0) is 11.8 Å². The van der Waals surface area contributed by atoms with Gasteiger partial charge in [0.15, 0.2) is 5.65 Å². The molecule has 7 nitrogen and oxygen atoms in total. The van der Waals surface area contributed by atoms with Gasteiger partial charge in [0.25, 0.3) is 0 Å². The lowest BCUT2D eigenvalue weighted by molar-refractivity contribution is 0.0667. The number of nitrogens with zero attached hydrogens (tertiary/aromatic N) is 4. The van der Waals surface area contributed by atoms with E-state index < -0.39 is 0 Å². The number of nitrogens with one attached hydrogen (secondary N) is 1. The Labute approximate surface area is 198 Å². The van der Waals surface area contributed by atoms with E-state index in [0.717, 1.165) is 74.1 Å². The van der Waals surface area contributed by atoms with Gasteiger partial charge >= 0.3 is 0 Å². The normalized spacial score (nSPS) is 30.5. The lowest BCUT2D eigenvalue weighted by Gasteiger charge is -2.37. The topological polar surface area (TPSA) is 91.7 Å². The fourth-order valence-corrected chi connectivity index (χ4v) is 7.38. The molecule has 32 heavy (non-hydrogen) atoms. The maximum absolute atomic E-state index is 9.97. The zero-order valence-electron chi connectivity index (χ0n) is 18.8. The SMILES string of the molecule is N[C@H]1CC[C@H](Nc2c3c(nc4c(Br)cnn24)C2(CCCC2)C(CN2CCC(O)CC2)C3)C1. The molecule has 174 valence electrons. The summed E-state index contributed by atoms with van der Waals surface area (Å²) in [6.07, 6.45) is 12.9. The molecule has 1 saturated heterocycles. The average molecular weight is 503 g/mol. The van der Waals surface area contributed by atoms with Crippen molar-refractivity contribution >= 4 is 27.4 Å². The Morgan fingerprint density at radius 1 is 1.19 bits per heavy atom. The predicted octanol–water partition coefficient (Wildman–Crippen LogP) is 3.22. The minimum absolute atomic E-state index is 0.118. The van der Waals surface area contributed by atoms with Crippen LogP contribution in [0.2, 0.25) is 0 Å². The molecule has 0 aromatic carbocycles. The number of aliphatic hydroxyl groups is 1. The average Bonchev–Trinajstić information content (AvgIpc) is 3.55. The van der Waals surface area contributed by atoms with E-state index in [1.807, 2.05) is 10.7 Å². The largest absolute Gasteiger partial charge is 0.393 e. The van der Waals surface area contributed by atoms with Crippen LogP contribution >= 0.6 is 15.9 Å². The molecular weight excluding hydrogens is 468 g/mol. The van der Waals surface area contributed by atoms with Crippen LogP contribution in [-0.4, -0.2) is 62.4 Å². The van der Waals surface area contributed by atoms with Crippen molar-refractivity contribution in [2.24, 2.45) is 11.7 Å². The van der Waals surface area contributed by atoms with Gasteiger partial charge in [0, 0.05) is 42.7 Å². The summed E-state index contributed by atoms with van der Waals surface area (Å²) in [6, 6.07) is 0.704. The predicted molar refractivity (Wildman–Crippen MR) is 129 cm³/mol. The number of aromatic nitrogens is 3. The van der Waals surface area contributed by atoms with Gasteiger partial charge in [-0.1, -0.05) is 12.8 Å². The third-order valence-corrected chi connectivity index (χ3v) is 9.31. The molecule has 8 heteroatoms. The molecule has 4 N–H and O–H groups in total. The summed E-state index contributed by atoms with van der Waals surface area (Å²) in [5, 5.41) is 18.5. The van der Waals surface area contributed by atoms with E-state index in [4.69, 9.17) is 15.8 Å². The van der Waals surface area contributed by atoms with E-state index in [2.05, 4.69) is 26.1 Å². The van der Waals surface area contributed by atoms with Crippen molar-refractivity contribution in [2.45, 2.75) is 87.8 Å². The van der Waals surface area contributed by atoms with Gasteiger partial charge in [-0.05, 0) is 73.2 Å². The standard InChI is InChI=1S/C24H35BrN6O/c25-20-13-27-31-22(28-17-4-3-16(26)12-17)19-11-15(14-30-9-5-18(32)6-10-30)24(7-1-2-8-24)21(19)29-23(20)31/h13,15-18,28,32H,1-12,14,26H2/t15?,16-,17-/m0/s1. The molecule has 3 heterocycles. The molecule has 2 aromatic heterocycles. The Balaban J connectivity index is 1.39. The molecule has 4 aliphatic rings. The monoisotopic (exact) mass is 502 g/mol. The molecule has 0 bridgehead atoms. The van der Waals surface area contributed by atoms with Gasteiger partial charge in [0.05, 0.1) is 22.5 Å². The Hall–Kier alpha value is -1.22. The fourth-order valence-electron chi connectivity index (χ4n) is 7.03. The summed E-state index contributed by atoms with van der Waals surface area (Å²) in [6.45, 7) is 3.13. The van der Waals surface area contributed by atoms with Crippen molar-refractivity contribution in [2.75, 3.05) is 25.0 Å². The third kappa shape index (κ3) is 3.49. The summed E-state index contributed by atoms with van der Waals surface area (Å²) in [7, 11) is 0. The molecular formula is C24H35BrN6O. The second kappa shape index (κ2) is 8.22. The molecule has 1 spiro atoms. The van der Waals surface area contributed by atoms with Crippen LogP contribution in [0.25, 0.3) is 5.65 Å². The van der Waals surface area contributed by atoms with Crippen LogP contribution in [0.1, 0.15) is 69.0 Å². The van der Waals surface area contributed by atoms with Gasteiger partial charge in [0.2, 0.25) is 0 Å². The smallest absolute Gasteiger partial charge is 0.171 e. The number of aliphatic hydroxyl groups excluding tert-OH is 1. The van der Waals surface area contributed by atoms with Gasteiger partial charge in [0.1, 0.15) is 5.82 Å². The van der Waals surface area contributed by atoms with Gasteiger partial charge in [-0.3, -0.25) is 0 Å². The van der Waals surface area contributed by atoms with E-state index >= 15 is 0 Å². The van der Waals surface area contributed by atoms with Gasteiger partial charge < -0.3 is 21.1 Å². The lowest BCUT2D eigenvalue weighted by atomic mass is 9.75. The van der Waals surface area contributed by atoms with Crippen molar-refractivity contribution in [3.8, 4) is 0 Å². The summed E-state index contributed by atoms with van der Waals surface area (Å²) >= 11 is 3.70. The molecule has 0 radical (unpaired) electrons. The number of nitrogens with two attached hydrogens (primary N) is 1. The highest BCUT2D eigenvalue weighted by molar-refractivity contribution is 9.10. The fraction of sp³-hybridized carbons (Fsp3) is 0.750. The molecule has 0 amide bonds. The van der Waals surface area contributed by atoms with E-state index in [9.17, 15) is 5.11 Å². The van der Waals surface area contributed by atoms with Crippen LogP contribution in [0.5, 0.6) is 0 Å².